The highest BCUT2D eigenvalue weighted by Gasteiger charge is 1.95. The standard InChI is InChI=1S/C8H10O.C8H8O.C2H6/c2*1-7(9)8-5-3-2-4-6-8;1-2/h2-7,9H,1H3;2-6H,1H3;1-2H3. The molecular formula is C18H24O2. The van der Waals surface area contributed by atoms with Gasteiger partial charge in [-0.25, -0.2) is 0 Å². The smallest absolute Gasteiger partial charge is 0.159 e. The molecule has 108 valence electrons. The summed E-state index contributed by atoms with van der Waals surface area (Å²) in [6.45, 7) is 7.32. The number of benzene rings is 2. The summed E-state index contributed by atoms with van der Waals surface area (Å²) in [4.78, 5) is 10.6. The van der Waals surface area contributed by atoms with E-state index in [1.54, 1.807) is 13.8 Å². The summed E-state index contributed by atoms with van der Waals surface area (Å²) in [5, 5.41) is 9.02. The first kappa shape index (κ1) is 18.1. The normalized spacial score (nSPS) is 10.2. The zero-order valence-corrected chi connectivity index (χ0v) is 12.7. The Kier molecular flexibility index (Phi) is 9.89. The Hall–Kier alpha value is -1.93. The molecule has 20 heavy (non-hydrogen) atoms. The van der Waals surface area contributed by atoms with Crippen LogP contribution in [-0.4, -0.2) is 10.9 Å². The van der Waals surface area contributed by atoms with Crippen LogP contribution >= 0.6 is 0 Å². The minimum Gasteiger partial charge on any atom is -0.389 e. The molecule has 0 amide bonds. The predicted molar refractivity (Wildman–Crippen MR) is 84.9 cm³/mol. The monoisotopic (exact) mass is 272 g/mol. The Morgan fingerprint density at radius 1 is 0.900 bits per heavy atom. The van der Waals surface area contributed by atoms with Crippen LogP contribution in [0.1, 0.15) is 49.7 Å². The van der Waals surface area contributed by atoms with Gasteiger partial charge in [-0.1, -0.05) is 74.5 Å². The second-order valence-corrected chi connectivity index (χ2v) is 4.01. The molecule has 0 bridgehead atoms. The van der Waals surface area contributed by atoms with Gasteiger partial charge in [-0.2, -0.15) is 0 Å². The van der Waals surface area contributed by atoms with E-state index in [0.29, 0.717) is 0 Å². The number of hydrogen-bond acceptors (Lipinski definition) is 2. The molecule has 2 aromatic carbocycles. The summed E-state index contributed by atoms with van der Waals surface area (Å²) in [5.74, 6) is 0.121. The third-order valence-corrected chi connectivity index (χ3v) is 2.46. The molecule has 2 rings (SSSR count). The molecule has 1 atom stereocenters. The number of ketones is 1. The van der Waals surface area contributed by atoms with E-state index in [-0.39, 0.29) is 11.9 Å². The minimum absolute atomic E-state index is 0.121. The van der Waals surface area contributed by atoms with Gasteiger partial charge in [0.25, 0.3) is 0 Å². The van der Waals surface area contributed by atoms with Gasteiger partial charge in [-0.3, -0.25) is 4.79 Å². The number of aliphatic hydroxyl groups is 1. The topological polar surface area (TPSA) is 37.3 Å². The predicted octanol–water partition coefficient (Wildman–Crippen LogP) is 4.66. The fourth-order valence-electron chi connectivity index (χ4n) is 1.40. The van der Waals surface area contributed by atoms with Crippen LogP contribution in [0.3, 0.4) is 0 Å². The molecule has 2 aromatic rings. The van der Waals surface area contributed by atoms with E-state index in [4.69, 9.17) is 5.11 Å². The van der Waals surface area contributed by atoms with E-state index >= 15 is 0 Å². The number of rotatable bonds is 2. The van der Waals surface area contributed by atoms with Gasteiger partial charge in [0.15, 0.2) is 5.78 Å². The number of Topliss-reactive ketones (excluding diaryl/α,β-unsaturated/α-hetero) is 1. The fraction of sp³-hybridized carbons (Fsp3) is 0.278. The molecule has 0 aliphatic rings. The van der Waals surface area contributed by atoms with Gasteiger partial charge in [0.2, 0.25) is 0 Å². The molecule has 0 aliphatic carbocycles. The van der Waals surface area contributed by atoms with Crippen LogP contribution in [0.5, 0.6) is 0 Å². The number of aliphatic hydroxyl groups excluding tert-OH is 1. The summed E-state index contributed by atoms with van der Waals surface area (Å²) in [5.41, 5.74) is 1.75. The Balaban J connectivity index is 0.000000321. The molecule has 0 aliphatic heterocycles. The van der Waals surface area contributed by atoms with Crippen molar-refractivity contribution in [3.63, 3.8) is 0 Å². The van der Waals surface area contributed by atoms with Gasteiger partial charge >= 0.3 is 0 Å². The maximum atomic E-state index is 10.6. The molecule has 0 saturated heterocycles. The van der Waals surface area contributed by atoms with Crippen molar-refractivity contribution < 1.29 is 9.90 Å². The molecule has 1 N–H and O–H groups in total. The Bertz CT molecular complexity index is 461. The van der Waals surface area contributed by atoms with E-state index in [1.807, 2.05) is 74.5 Å². The van der Waals surface area contributed by atoms with Crippen LogP contribution in [0.25, 0.3) is 0 Å². The summed E-state index contributed by atoms with van der Waals surface area (Å²) >= 11 is 0. The molecule has 0 saturated carbocycles. The van der Waals surface area contributed by atoms with Gasteiger partial charge in [0.1, 0.15) is 0 Å². The third kappa shape index (κ3) is 7.49. The van der Waals surface area contributed by atoms with Gasteiger partial charge < -0.3 is 5.11 Å². The van der Waals surface area contributed by atoms with Crippen LogP contribution < -0.4 is 0 Å². The highest BCUT2D eigenvalue weighted by atomic mass is 16.3. The van der Waals surface area contributed by atoms with Crippen LogP contribution in [0.15, 0.2) is 60.7 Å². The zero-order valence-electron chi connectivity index (χ0n) is 12.7. The van der Waals surface area contributed by atoms with Gasteiger partial charge in [-0.15, -0.1) is 0 Å². The van der Waals surface area contributed by atoms with E-state index in [0.717, 1.165) is 11.1 Å². The second kappa shape index (κ2) is 10.9. The van der Waals surface area contributed by atoms with Crippen molar-refractivity contribution in [3.05, 3.63) is 71.8 Å². The van der Waals surface area contributed by atoms with Crippen molar-refractivity contribution in [1.29, 1.82) is 0 Å². The maximum Gasteiger partial charge on any atom is 0.159 e. The Morgan fingerprint density at radius 3 is 1.55 bits per heavy atom. The van der Waals surface area contributed by atoms with Crippen molar-refractivity contribution in [2.75, 3.05) is 0 Å². The molecule has 2 heteroatoms. The zero-order chi connectivity index (χ0) is 15.4. The number of carbonyl (C=O) groups is 1. The first-order valence-corrected chi connectivity index (χ1v) is 6.90. The molecule has 0 radical (unpaired) electrons. The lowest BCUT2D eigenvalue weighted by Crippen LogP contribution is -1.88. The average Bonchev–Trinajstić information content (AvgIpc) is 2.51. The minimum atomic E-state index is -0.341. The summed E-state index contributed by atoms with van der Waals surface area (Å²) in [7, 11) is 0. The van der Waals surface area contributed by atoms with E-state index in [1.165, 1.54) is 0 Å². The Morgan fingerprint density at radius 2 is 1.30 bits per heavy atom. The lowest BCUT2D eigenvalue weighted by molar-refractivity contribution is 0.101. The SMILES string of the molecule is CC.CC(=O)c1ccccc1.CC(O)c1ccccc1. The first-order chi connectivity index (χ1) is 9.61. The molecule has 0 heterocycles. The fourth-order valence-corrected chi connectivity index (χ4v) is 1.40. The van der Waals surface area contributed by atoms with Gasteiger partial charge in [0, 0.05) is 5.56 Å². The molecule has 0 fully saturated rings. The van der Waals surface area contributed by atoms with Crippen molar-refractivity contribution >= 4 is 5.78 Å². The van der Waals surface area contributed by atoms with E-state index in [9.17, 15) is 4.79 Å². The number of carbonyl (C=O) groups excluding carboxylic acids is 1. The average molecular weight is 272 g/mol. The van der Waals surface area contributed by atoms with Gasteiger partial charge in [0.05, 0.1) is 6.10 Å². The lowest BCUT2D eigenvalue weighted by Gasteiger charge is -2.00. The van der Waals surface area contributed by atoms with Crippen molar-refractivity contribution in [1.82, 2.24) is 0 Å². The van der Waals surface area contributed by atoms with Gasteiger partial charge in [-0.05, 0) is 19.4 Å². The Labute approximate surface area is 122 Å². The lowest BCUT2D eigenvalue weighted by atomic mass is 10.1. The summed E-state index contributed by atoms with van der Waals surface area (Å²) < 4.78 is 0. The van der Waals surface area contributed by atoms with Crippen molar-refractivity contribution in [2.45, 2.75) is 33.8 Å². The quantitative estimate of drug-likeness (QED) is 0.808. The highest BCUT2D eigenvalue weighted by molar-refractivity contribution is 5.93. The van der Waals surface area contributed by atoms with Crippen molar-refractivity contribution in [3.8, 4) is 0 Å². The largest absolute Gasteiger partial charge is 0.389 e. The maximum absolute atomic E-state index is 10.6. The molecular weight excluding hydrogens is 248 g/mol. The second-order valence-electron chi connectivity index (χ2n) is 4.01. The van der Waals surface area contributed by atoms with Crippen LogP contribution in [0.4, 0.5) is 0 Å². The van der Waals surface area contributed by atoms with Crippen LogP contribution in [0, 0.1) is 0 Å². The third-order valence-electron chi connectivity index (χ3n) is 2.46. The van der Waals surface area contributed by atoms with Crippen LogP contribution in [0.2, 0.25) is 0 Å². The summed E-state index contributed by atoms with van der Waals surface area (Å²) in [6.07, 6.45) is -0.341. The highest BCUT2D eigenvalue weighted by Crippen LogP contribution is 2.09. The van der Waals surface area contributed by atoms with E-state index in [2.05, 4.69) is 0 Å². The summed E-state index contributed by atoms with van der Waals surface area (Å²) in [6, 6.07) is 18.8. The molecule has 0 aromatic heterocycles. The van der Waals surface area contributed by atoms with Crippen LogP contribution in [-0.2, 0) is 0 Å². The van der Waals surface area contributed by atoms with E-state index < -0.39 is 0 Å². The van der Waals surface area contributed by atoms with Crippen molar-refractivity contribution in [2.24, 2.45) is 0 Å². The first-order valence-electron chi connectivity index (χ1n) is 6.90. The molecule has 0 spiro atoms. The molecule has 1 unspecified atom stereocenters. The number of hydrogen-bond donors (Lipinski definition) is 1. The molecule has 2 nitrogen and oxygen atoms in total.